The lowest BCUT2D eigenvalue weighted by atomic mass is 9.77. The first kappa shape index (κ1) is 11.4. The van der Waals surface area contributed by atoms with Crippen LogP contribution in [0.3, 0.4) is 0 Å². The van der Waals surface area contributed by atoms with Crippen molar-refractivity contribution in [2.24, 2.45) is 5.73 Å². The third-order valence-corrected chi connectivity index (χ3v) is 3.62. The maximum Gasteiger partial charge on any atom is 0.244 e. The third kappa shape index (κ3) is 1.93. The van der Waals surface area contributed by atoms with Gasteiger partial charge in [-0.15, -0.1) is 0 Å². The number of benzene rings is 1. The van der Waals surface area contributed by atoms with E-state index in [1.807, 2.05) is 19.1 Å². The Kier molecular flexibility index (Phi) is 2.91. The van der Waals surface area contributed by atoms with Gasteiger partial charge in [-0.1, -0.05) is 17.7 Å². The highest BCUT2D eigenvalue weighted by atomic mass is 35.5. The van der Waals surface area contributed by atoms with Gasteiger partial charge in [0, 0.05) is 10.7 Å². The molecule has 1 aromatic carbocycles. The standard InChI is InChI=1S/C12H15ClN2O/c1-8-9(13)4-2-5-10(8)15-11(16)12(14)6-3-7-12/h2,4-5H,3,6-7,14H2,1H3,(H,15,16). The average molecular weight is 239 g/mol. The number of carbonyl (C=O) groups excluding carboxylic acids is 1. The SMILES string of the molecule is Cc1c(Cl)cccc1NC(=O)C1(N)CCC1. The van der Waals surface area contributed by atoms with Crippen LogP contribution in [-0.2, 0) is 4.79 Å². The predicted molar refractivity (Wildman–Crippen MR) is 65.6 cm³/mol. The summed E-state index contributed by atoms with van der Waals surface area (Å²) >= 11 is 5.98. The van der Waals surface area contributed by atoms with E-state index in [2.05, 4.69) is 5.32 Å². The van der Waals surface area contributed by atoms with Crippen LogP contribution in [0, 0.1) is 6.92 Å². The van der Waals surface area contributed by atoms with E-state index in [0.29, 0.717) is 5.02 Å². The Morgan fingerprint density at radius 1 is 1.50 bits per heavy atom. The van der Waals surface area contributed by atoms with Gasteiger partial charge in [0.15, 0.2) is 0 Å². The van der Waals surface area contributed by atoms with Crippen LogP contribution in [0.1, 0.15) is 24.8 Å². The Morgan fingerprint density at radius 3 is 2.75 bits per heavy atom. The number of hydrogen-bond acceptors (Lipinski definition) is 2. The van der Waals surface area contributed by atoms with E-state index < -0.39 is 5.54 Å². The minimum atomic E-state index is -0.672. The first-order valence-electron chi connectivity index (χ1n) is 5.38. The normalized spacial score (nSPS) is 17.7. The molecule has 0 atom stereocenters. The molecule has 0 aliphatic heterocycles. The molecule has 1 aromatic rings. The number of carbonyl (C=O) groups is 1. The molecule has 0 heterocycles. The molecule has 3 nitrogen and oxygen atoms in total. The van der Waals surface area contributed by atoms with Crippen molar-refractivity contribution in [3.05, 3.63) is 28.8 Å². The van der Waals surface area contributed by atoms with Crippen LogP contribution < -0.4 is 11.1 Å². The minimum absolute atomic E-state index is 0.107. The number of hydrogen-bond donors (Lipinski definition) is 2. The van der Waals surface area contributed by atoms with E-state index in [0.717, 1.165) is 30.5 Å². The molecule has 0 unspecified atom stereocenters. The van der Waals surface area contributed by atoms with Gasteiger partial charge in [0.1, 0.15) is 0 Å². The molecule has 0 radical (unpaired) electrons. The van der Waals surface area contributed by atoms with E-state index in [-0.39, 0.29) is 5.91 Å². The summed E-state index contributed by atoms with van der Waals surface area (Å²) in [5, 5.41) is 3.50. The predicted octanol–water partition coefficient (Wildman–Crippen LogP) is 2.47. The van der Waals surface area contributed by atoms with Crippen molar-refractivity contribution < 1.29 is 4.79 Å². The maximum atomic E-state index is 11.9. The van der Waals surface area contributed by atoms with Crippen LogP contribution >= 0.6 is 11.6 Å². The van der Waals surface area contributed by atoms with Crippen molar-refractivity contribution in [2.75, 3.05) is 5.32 Å². The summed E-state index contributed by atoms with van der Waals surface area (Å²) in [5.74, 6) is -0.107. The number of halogens is 1. The molecule has 0 aromatic heterocycles. The fourth-order valence-electron chi connectivity index (χ4n) is 1.77. The van der Waals surface area contributed by atoms with Crippen LogP contribution in [0.2, 0.25) is 5.02 Å². The Balaban J connectivity index is 2.15. The fraction of sp³-hybridized carbons (Fsp3) is 0.417. The van der Waals surface area contributed by atoms with Crippen LogP contribution in [0.25, 0.3) is 0 Å². The number of nitrogens with one attached hydrogen (secondary N) is 1. The van der Waals surface area contributed by atoms with Gasteiger partial charge in [-0.25, -0.2) is 0 Å². The molecular formula is C12H15ClN2O. The second-order valence-electron chi connectivity index (χ2n) is 4.38. The van der Waals surface area contributed by atoms with Gasteiger partial charge in [0.2, 0.25) is 5.91 Å². The van der Waals surface area contributed by atoms with Crippen LogP contribution in [0.15, 0.2) is 18.2 Å². The lowest BCUT2D eigenvalue weighted by molar-refractivity contribution is -0.123. The van der Waals surface area contributed by atoms with E-state index in [1.54, 1.807) is 6.07 Å². The van der Waals surface area contributed by atoms with Gasteiger partial charge in [-0.05, 0) is 43.9 Å². The monoisotopic (exact) mass is 238 g/mol. The molecule has 0 saturated heterocycles. The summed E-state index contributed by atoms with van der Waals surface area (Å²) in [4.78, 5) is 11.9. The minimum Gasteiger partial charge on any atom is -0.324 e. The molecule has 1 aliphatic carbocycles. The van der Waals surface area contributed by atoms with Gasteiger partial charge in [0.25, 0.3) is 0 Å². The van der Waals surface area contributed by atoms with E-state index >= 15 is 0 Å². The summed E-state index contributed by atoms with van der Waals surface area (Å²) in [5.41, 5.74) is 6.89. The van der Waals surface area contributed by atoms with Crippen molar-refractivity contribution in [3.8, 4) is 0 Å². The van der Waals surface area contributed by atoms with E-state index in [1.165, 1.54) is 0 Å². The molecule has 0 bridgehead atoms. The Labute approximate surface area is 100.0 Å². The molecule has 1 fully saturated rings. The van der Waals surface area contributed by atoms with Crippen LogP contribution in [0.5, 0.6) is 0 Å². The average Bonchev–Trinajstić information content (AvgIpc) is 2.21. The summed E-state index contributed by atoms with van der Waals surface area (Å²) in [6, 6.07) is 5.45. The number of nitrogens with two attached hydrogens (primary N) is 1. The lowest BCUT2D eigenvalue weighted by Crippen LogP contribution is -2.56. The number of anilines is 1. The van der Waals surface area contributed by atoms with Crippen molar-refractivity contribution in [3.63, 3.8) is 0 Å². The molecule has 1 aliphatic rings. The Morgan fingerprint density at radius 2 is 2.19 bits per heavy atom. The van der Waals surface area contributed by atoms with Gasteiger partial charge >= 0.3 is 0 Å². The second-order valence-corrected chi connectivity index (χ2v) is 4.78. The van der Waals surface area contributed by atoms with Gasteiger partial charge in [0.05, 0.1) is 5.54 Å². The highest BCUT2D eigenvalue weighted by Crippen LogP contribution is 2.31. The number of amides is 1. The van der Waals surface area contributed by atoms with Gasteiger partial charge in [-0.3, -0.25) is 4.79 Å². The summed E-state index contributed by atoms with van der Waals surface area (Å²) in [7, 11) is 0. The van der Waals surface area contributed by atoms with Gasteiger partial charge in [-0.2, -0.15) is 0 Å². The second kappa shape index (κ2) is 4.07. The zero-order valence-electron chi connectivity index (χ0n) is 9.22. The Hall–Kier alpha value is -1.06. The molecule has 3 N–H and O–H groups in total. The zero-order chi connectivity index (χ0) is 11.8. The molecule has 0 spiro atoms. The topological polar surface area (TPSA) is 55.1 Å². The molecule has 1 amide bonds. The first-order valence-corrected chi connectivity index (χ1v) is 5.76. The molecular weight excluding hydrogens is 224 g/mol. The van der Waals surface area contributed by atoms with E-state index in [4.69, 9.17) is 17.3 Å². The molecule has 86 valence electrons. The highest BCUT2D eigenvalue weighted by molar-refractivity contribution is 6.31. The van der Waals surface area contributed by atoms with Crippen molar-refractivity contribution in [1.29, 1.82) is 0 Å². The molecule has 16 heavy (non-hydrogen) atoms. The van der Waals surface area contributed by atoms with Gasteiger partial charge < -0.3 is 11.1 Å². The Bertz CT molecular complexity index is 427. The zero-order valence-corrected chi connectivity index (χ0v) is 9.97. The maximum absolute atomic E-state index is 11.9. The quantitative estimate of drug-likeness (QED) is 0.832. The first-order chi connectivity index (χ1) is 7.53. The largest absolute Gasteiger partial charge is 0.324 e. The molecule has 4 heteroatoms. The highest BCUT2D eigenvalue weighted by Gasteiger charge is 2.40. The molecule has 2 rings (SSSR count). The summed E-state index contributed by atoms with van der Waals surface area (Å²) < 4.78 is 0. The van der Waals surface area contributed by atoms with Crippen molar-refractivity contribution >= 4 is 23.2 Å². The lowest BCUT2D eigenvalue weighted by Gasteiger charge is -2.36. The number of rotatable bonds is 2. The fourth-order valence-corrected chi connectivity index (χ4v) is 1.95. The summed E-state index contributed by atoms with van der Waals surface area (Å²) in [6.45, 7) is 1.88. The summed E-state index contributed by atoms with van der Waals surface area (Å²) in [6.07, 6.45) is 2.55. The van der Waals surface area contributed by atoms with E-state index in [9.17, 15) is 4.79 Å². The third-order valence-electron chi connectivity index (χ3n) is 3.21. The van der Waals surface area contributed by atoms with Crippen LogP contribution in [0.4, 0.5) is 5.69 Å². The van der Waals surface area contributed by atoms with Crippen molar-refractivity contribution in [2.45, 2.75) is 31.7 Å². The smallest absolute Gasteiger partial charge is 0.244 e. The molecule has 1 saturated carbocycles. The van der Waals surface area contributed by atoms with Crippen LogP contribution in [-0.4, -0.2) is 11.4 Å². The van der Waals surface area contributed by atoms with Crippen molar-refractivity contribution in [1.82, 2.24) is 0 Å².